The Bertz CT molecular complexity index is 60.9. The second kappa shape index (κ2) is 6.35. The molecule has 0 aliphatic rings. The summed E-state index contributed by atoms with van der Waals surface area (Å²) in [5, 5.41) is 8.76. The van der Waals surface area contributed by atoms with Gasteiger partial charge in [0, 0.05) is 11.5 Å². The Morgan fingerprint density at radius 2 is 2.44 bits per heavy atom. The lowest BCUT2D eigenvalue weighted by atomic mass is 10.5. The molecule has 0 radical (unpaired) electrons. The van der Waals surface area contributed by atoms with Crippen molar-refractivity contribution < 1.29 is 9.94 Å². The molecule has 0 saturated carbocycles. The summed E-state index contributed by atoms with van der Waals surface area (Å²) in [4.78, 5) is 4.32. The van der Waals surface area contributed by atoms with Gasteiger partial charge < -0.3 is 9.94 Å². The lowest BCUT2D eigenvalue weighted by Crippen LogP contribution is -2.07. The average molecular weight is 151 g/mol. The van der Waals surface area contributed by atoms with Gasteiger partial charge in [0.2, 0.25) is 0 Å². The first kappa shape index (κ1) is 9.23. The van der Waals surface area contributed by atoms with Crippen LogP contribution in [-0.4, -0.2) is 29.3 Å². The third kappa shape index (κ3) is 8.23. The van der Waals surface area contributed by atoms with E-state index in [0.29, 0.717) is 6.61 Å². The molecular formula is C5H13NO2S. The smallest absolute Gasteiger partial charge is 0.0769 e. The molecule has 4 heteroatoms. The molecule has 56 valence electrons. The highest BCUT2D eigenvalue weighted by Crippen LogP contribution is 2.00. The number of thioether (sulfide) groups is 1. The number of hydrogen-bond acceptors (Lipinski definition) is 4. The summed E-state index contributed by atoms with van der Waals surface area (Å²) in [7, 11) is 0. The van der Waals surface area contributed by atoms with E-state index in [0.717, 1.165) is 11.5 Å². The van der Waals surface area contributed by atoms with E-state index in [2.05, 4.69) is 4.84 Å². The molecule has 3 nitrogen and oxygen atoms in total. The first-order chi connectivity index (χ1) is 4.27. The van der Waals surface area contributed by atoms with Crippen LogP contribution in [-0.2, 0) is 4.84 Å². The summed E-state index contributed by atoms with van der Waals surface area (Å²) in [6.07, 6.45) is -0.229. The molecule has 0 saturated heterocycles. The zero-order valence-corrected chi connectivity index (χ0v) is 6.36. The van der Waals surface area contributed by atoms with Crippen LogP contribution < -0.4 is 5.90 Å². The maximum Gasteiger partial charge on any atom is 0.0769 e. The van der Waals surface area contributed by atoms with Crippen LogP contribution in [0.1, 0.15) is 6.92 Å². The van der Waals surface area contributed by atoms with Gasteiger partial charge >= 0.3 is 0 Å². The monoisotopic (exact) mass is 151 g/mol. The minimum Gasteiger partial charge on any atom is -0.393 e. The fraction of sp³-hybridized carbons (Fsp3) is 1.00. The van der Waals surface area contributed by atoms with Gasteiger partial charge in [-0.05, 0) is 6.92 Å². The van der Waals surface area contributed by atoms with Gasteiger partial charge in [-0.1, -0.05) is 0 Å². The van der Waals surface area contributed by atoms with Crippen molar-refractivity contribution in [3.05, 3.63) is 0 Å². The van der Waals surface area contributed by atoms with E-state index in [1.807, 2.05) is 0 Å². The highest BCUT2D eigenvalue weighted by Gasteiger charge is 1.93. The van der Waals surface area contributed by atoms with E-state index >= 15 is 0 Å². The third-order valence-electron chi connectivity index (χ3n) is 0.705. The second-order valence-corrected chi connectivity index (χ2v) is 2.94. The summed E-state index contributed by atoms with van der Waals surface area (Å²) in [5.41, 5.74) is 0. The molecule has 0 spiro atoms. The molecule has 0 heterocycles. The number of aliphatic hydroxyl groups excluding tert-OH is 1. The van der Waals surface area contributed by atoms with Crippen LogP contribution in [0.4, 0.5) is 0 Å². The number of hydrogen-bond donors (Lipinski definition) is 2. The molecule has 3 N–H and O–H groups in total. The molecule has 1 atom stereocenters. The Balaban J connectivity index is 2.75. The number of rotatable bonds is 5. The highest BCUT2D eigenvalue weighted by atomic mass is 32.2. The SMILES string of the molecule is CC(O)CSCCON. The number of nitrogens with two attached hydrogens (primary N) is 1. The largest absolute Gasteiger partial charge is 0.393 e. The average Bonchev–Trinajstić information content (AvgIpc) is 1.80. The predicted molar refractivity (Wildman–Crippen MR) is 39.1 cm³/mol. The first-order valence-electron chi connectivity index (χ1n) is 2.85. The molecule has 1 unspecified atom stereocenters. The Morgan fingerprint density at radius 1 is 1.78 bits per heavy atom. The van der Waals surface area contributed by atoms with Crippen molar-refractivity contribution in [1.29, 1.82) is 0 Å². The summed E-state index contributed by atoms with van der Waals surface area (Å²) in [6.45, 7) is 2.31. The normalized spacial score (nSPS) is 13.7. The van der Waals surface area contributed by atoms with Gasteiger partial charge in [0.1, 0.15) is 0 Å². The molecule has 0 aromatic carbocycles. The lowest BCUT2D eigenvalue weighted by Gasteiger charge is -2.01. The third-order valence-corrected chi connectivity index (χ3v) is 1.88. The van der Waals surface area contributed by atoms with E-state index in [4.69, 9.17) is 11.0 Å². The van der Waals surface area contributed by atoms with Crippen molar-refractivity contribution >= 4 is 11.8 Å². The lowest BCUT2D eigenvalue weighted by molar-refractivity contribution is 0.154. The number of aliphatic hydroxyl groups is 1. The minimum atomic E-state index is -0.229. The van der Waals surface area contributed by atoms with E-state index in [1.54, 1.807) is 18.7 Å². The maximum absolute atomic E-state index is 8.76. The van der Waals surface area contributed by atoms with Gasteiger partial charge in [0.25, 0.3) is 0 Å². The summed E-state index contributed by atoms with van der Waals surface area (Å²) < 4.78 is 0. The van der Waals surface area contributed by atoms with E-state index in [9.17, 15) is 0 Å². The second-order valence-electron chi connectivity index (χ2n) is 1.79. The van der Waals surface area contributed by atoms with Crippen molar-refractivity contribution in [3.63, 3.8) is 0 Å². The summed E-state index contributed by atoms with van der Waals surface area (Å²) in [6, 6.07) is 0. The van der Waals surface area contributed by atoms with Crippen molar-refractivity contribution in [3.8, 4) is 0 Å². The zero-order chi connectivity index (χ0) is 7.11. The van der Waals surface area contributed by atoms with E-state index < -0.39 is 0 Å². The fourth-order valence-corrected chi connectivity index (χ4v) is 1.08. The van der Waals surface area contributed by atoms with E-state index in [1.165, 1.54) is 0 Å². The minimum absolute atomic E-state index is 0.229. The topological polar surface area (TPSA) is 55.5 Å². The first-order valence-corrected chi connectivity index (χ1v) is 4.00. The Hall–Kier alpha value is 0.230. The van der Waals surface area contributed by atoms with Gasteiger partial charge in [0.05, 0.1) is 12.7 Å². The molecule has 0 rings (SSSR count). The van der Waals surface area contributed by atoms with Crippen molar-refractivity contribution in [2.24, 2.45) is 5.90 Å². The highest BCUT2D eigenvalue weighted by molar-refractivity contribution is 7.99. The van der Waals surface area contributed by atoms with Crippen LogP contribution in [0, 0.1) is 0 Å². The molecule has 0 aromatic rings. The molecule has 0 aromatic heterocycles. The summed E-state index contributed by atoms with van der Waals surface area (Å²) >= 11 is 1.63. The maximum atomic E-state index is 8.76. The van der Waals surface area contributed by atoms with E-state index in [-0.39, 0.29) is 6.10 Å². The van der Waals surface area contributed by atoms with Crippen LogP contribution in [0.25, 0.3) is 0 Å². The molecule has 0 aliphatic carbocycles. The predicted octanol–water partition coefficient (Wildman–Crippen LogP) is -0.00930. The van der Waals surface area contributed by atoms with Gasteiger partial charge in [-0.25, -0.2) is 5.90 Å². The van der Waals surface area contributed by atoms with Gasteiger partial charge in [-0.2, -0.15) is 11.8 Å². The van der Waals surface area contributed by atoms with Crippen LogP contribution in [0.15, 0.2) is 0 Å². The molecule has 9 heavy (non-hydrogen) atoms. The van der Waals surface area contributed by atoms with Crippen LogP contribution in [0.3, 0.4) is 0 Å². The van der Waals surface area contributed by atoms with Gasteiger partial charge in [-0.3, -0.25) is 0 Å². The Morgan fingerprint density at radius 3 is 2.89 bits per heavy atom. The summed E-state index contributed by atoms with van der Waals surface area (Å²) in [5.74, 6) is 6.37. The molecule has 0 aliphatic heterocycles. The Kier molecular flexibility index (Phi) is 6.51. The Labute approximate surface area is 59.5 Å². The molecular weight excluding hydrogens is 138 g/mol. The van der Waals surface area contributed by atoms with Crippen LogP contribution in [0.5, 0.6) is 0 Å². The van der Waals surface area contributed by atoms with Crippen LogP contribution in [0.2, 0.25) is 0 Å². The molecule has 0 bridgehead atoms. The molecule has 0 amide bonds. The standard InChI is InChI=1S/C5H13NO2S/c1-5(7)4-9-3-2-8-6/h5,7H,2-4,6H2,1H3. The van der Waals surface area contributed by atoms with Crippen molar-refractivity contribution in [1.82, 2.24) is 0 Å². The fourth-order valence-electron chi connectivity index (χ4n) is 0.361. The quantitative estimate of drug-likeness (QED) is 0.428. The van der Waals surface area contributed by atoms with Gasteiger partial charge in [0.15, 0.2) is 0 Å². The van der Waals surface area contributed by atoms with Gasteiger partial charge in [-0.15, -0.1) is 0 Å². The van der Waals surface area contributed by atoms with Crippen molar-refractivity contribution in [2.75, 3.05) is 18.1 Å². The molecule has 0 fully saturated rings. The zero-order valence-electron chi connectivity index (χ0n) is 5.54. The van der Waals surface area contributed by atoms with Crippen LogP contribution >= 0.6 is 11.8 Å². The van der Waals surface area contributed by atoms with Crippen molar-refractivity contribution in [2.45, 2.75) is 13.0 Å².